The van der Waals surface area contributed by atoms with Gasteiger partial charge in [0.25, 0.3) is 5.91 Å². The number of carboxylic acids is 1. The number of nitrogens with zero attached hydrogens (tertiary/aromatic N) is 2. The molecule has 5 nitrogen and oxygen atoms in total. The molecule has 0 radical (unpaired) electrons. The predicted octanol–water partition coefficient (Wildman–Crippen LogP) is 1.24. The highest BCUT2D eigenvalue weighted by Crippen LogP contribution is 2.11. The van der Waals surface area contributed by atoms with E-state index in [1.165, 1.54) is 18.9 Å². The fourth-order valence-electron chi connectivity index (χ4n) is 1.44. The van der Waals surface area contributed by atoms with E-state index < -0.39 is 12.0 Å². The molecular formula is C12H16N2O3. The van der Waals surface area contributed by atoms with Crippen LogP contribution < -0.4 is 0 Å². The highest BCUT2D eigenvalue weighted by atomic mass is 16.4. The van der Waals surface area contributed by atoms with Crippen LogP contribution in [0.3, 0.4) is 0 Å². The van der Waals surface area contributed by atoms with Crippen LogP contribution in [-0.4, -0.2) is 40.0 Å². The largest absolute Gasteiger partial charge is 0.480 e. The van der Waals surface area contributed by atoms with Gasteiger partial charge in [0.05, 0.1) is 11.3 Å². The third-order valence-corrected chi connectivity index (χ3v) is 2.71. The van der Waals surface area contributed by atoms with Crippen LogP contribution in [0.4, 0.5) is 0 Å². The van der Waals surface area contributed by atoms with Crippen molar-refractivity contribution < 1.29 is 14.7 Å². The summed E-state index contributed by atoms with van der Waals surface area (Å²) in [4.78, 5) is 28.2. The van der Waals surface area contributed by atoms with Crippen molar-refractivity contribution in [2.75, 3.05) is 7.05 Å². The Balaban J connectivity index is 3.00. The molecule has 0 fully saturated rings. The summed E-state index contributed by atoms with van der Waals surface area (Å²) in [5.74, 6) is -1.36. The number of carbonyl (C=O) groups is 2. The van der Waals surface area contributed by atoms with E-state index in [9.17, 15) is 9.59 Å². The molecule has 92 valence electrons. The minimum Gasteiger partial charge on any atom is -0.480 e. The molecule has 1 amide bonds. The van der Waals surface area contributed by atoms with Gasteiger partial charge in [0.15, 0.2) is 0 Å². The zero-order valence-corrected chi connectivity index (χ0v) is 10.4. The third-order valence-electron chi connectivity index (χ3n) is 2.71. The van der Waals surface area contributed by atoms with E-state index in [0.29, 0.717) is 11.3 Å². The van der Waals surface area contributed by atoms with Gasteiger partial charge in [-0.05, 0) is 32.9 Å². The minimum atomic E-state index is -1.03. The summed E-state index contributed by atoms with van der Waals surface area (Å²) in [7, 11) is 1.47. The Morgan fingerprint density at radius 1 is 1.35 bits per heavy atom. The number of carboxylic acid groups (broad SMARTS) is 1. The molecule has 0 aliphatic rings. The van der Waals surface area contributed by atoms with Gasteiger partial charge >= 0.3 is 5.97 Å². The quantitative estimate of drug-likeness (QED) is 0.857. The molecule has 0 saturated carbocycles. The number of carbonyl (C=O) groups excluding carboxylic acids is 1. The smallest absolute Gasteiger partial charge is 0.326 e. The van der Waals surface area contributed by atoms with E-state index in [1.54, 1.807) is 19.1 Å². The molecule has 0 saturated heterocycles. The average molecular weight is 236 g/mol. The van der Waals surface area contributed by atoms with Gasteiger partial charge < -0.3 is 10.0 Å². The number of hydrogen-bond acceptors (Lipinski definition) is 3. The van der Waals surface area contributed by atoms with E-state index in [0.717, 1.165) is 5.69 Å². The van der Waals surface area contributed by atoms with Crippen molar-refractivity contribution in [2.45, 2.75) is 26.8 Å². The van der Waals surface area contributed by atoms with Crippen molar-refractivity contribution in [3.63, 3.8) is 0 Å². The summed E-state index contributed by atoms with van der Waals surface area (Å²) >= 11 is 0. The Kier molecular flexibility index (Phi) is 3.83. The van der Waals surface area contributed by atoms with Crippen LogP contribution in [-0.2, 0) is 4.79 Å². The van der Waals surface area contributed by atoms with Gasteiger partial charge in [0, 0.05) is 12.7 Å². The first-order valence-corrected chi connectivity index (χ1v) is 5.28. The van der Waals surface area contributed by atoms with Crippen LogP contribution in [0.5, 0.6) is 0 Å². The molecule has 0 bridgehead atoms. The lowest BCUT2D eigenvalue weighted by Gasteiger charge is -2.22. The summed E-state index contributed by atoms with van der Waals surface area (Å²) in [6.07, 6.45) is 0. The second-order valence-electron chi connectivity index (χ2n) is 4.02. The molecule has 1 aromatic rings. The van der Waals surface area contributed by atoms with Crippen LogP contribution in [0.2, 0.25) is 0 Å². The second kappa shape index (κ2) is 4.95. The molecule has 1 aromatic heterocycles. The zero-order chi connectivity index (χ0) is 13.2. The number of aliphatic carboxylic acids is 1. The number of aryl methyl sites for hydroxylation is 2. The number of hydrogen-bond donors (Lipinski definition) is 1. The lowest BCUT2D eigenvalue weighted by Crippen LogP contribution is -2.40. The molecule has 1 N–H and O–H groups in total. The topological polar surface area (TPSA) is 70.5 Å². The number of rotatable bonds is 3. The van der Waals surface area contributed by atoms with E-state index >= 15 is 0 Å². The van der Waals surface area contributed by atoms with Gasteiger partial charge in [-0.25, -0.2) is 4.79 Å². The van der Waals surface area contributed by atoms with Crippen LogP contribution in [0.15, 0.2) is 12.1 Å². The average Bonchev–Trinajstić information content (AvgIpc) is 2.26. The van der Waals surface area contributed by atoms with Crippen LogP contribution in [0, 0.1) is 13.8 Å². The van der Waals surface area contributed by atoms with Crippen molar-refractivity contribution in [3.05, 3.63) is 29.1 Å². The zero-order valence-electron chi connectivity index (χ0n) is 10.4. The van der Waals surface area contributed by atoms with Crippen molar-refractivity contribution in [1.29, 1.82) is 0 Å². The Hall–Kier alpha value is -1.91. The molecule has 1 rings (SSSR count). The van der Waals surface area contributed by atoms with Crippen molar-refractivity contribution >= 4 is 11.9 Å². The second-order valence-corrected chi connectivity index (χ2v) is 4.02. The van der Waals surface area contributed by atoms with Gasteiger partial charge in [-0.3, -0.25) is 9.78 Å². The van der Waals surface area contributed by atoms with Crippen molar-refractivity contribution in [2.24, 2.45) is 0 Å². The summed E-state index contributed by atoms with van der Waals surface area (Å²) in [6.45, 7) is 5.04. The SMILES string of the molecule is Cc1ccc(C(=O)N(C)C(C)C(=O)O)c(C)n1. The predicted molar refractivity (Wildman–Crippen MR) is 62.9 cm³/mol. The maximum absolute atomic E-state index is 12.0. The van der Waals surface area contributed by atoms with Gasteiger partial charge in [0.2, 0.25) is 0 Å². The normalized spacial score (nSPS) is 12.0. The fourth-order valence-corrected chi connectivity index (χ4v) is 1.44. The van der Waals surface area contributed by atoms with E-state index in [4.69, 9.17) is 5.11 Å². The van der Waals surface area contributed by atoms with Gasteiger partial charge in [-0.15, -0.1) is 0 Å². The van der Waals surface area contributed by atoms with E-state index in [2.05, 4.69) is 4.98 Å². The minimum absolute atomic E-state index is 0.329. The first-order valence-electron chi connectivity index (χ1n) is 5.28. The molecule has 1 atom stereocenters. The van der Waals surface area contributed by atoms with Gasteiger partial charge in [0.1, 0.15) is 6.04 Å². The third kappa shape index (κ3) is 2.81. The standard InChI is InChI=1S/C12H16N2O3/c1-7-5-6-10(8(2)13-7)11(15)14(4)9(3)12(16)17/h5-6,9H,1-4H3,(H,16,17). The van der Waals surface area contributed by atoms with Crippen LogP contribution >= 0.6 is 0 Å². The number of pyridine rings is 1. The number of amides is 1. The van der Waals surface area contributed by atoms with Crippen molar-refractivity contribution in [3.8, 4) is 0 Å². The Morgan fingerprint density at radius 3 is 2.41 bits per heavy atom. The van der Waals surface area contributed by atoms with E-state index in [-0.39, 0.29) is 5.91 Å². The fraction of sp³-hybridized carbons (Fsp3) is 0.417. The summed E-state index contributed by atoms with van der Waals surface area (Å²) < 4.78 is 0. The monoisotopic (exact) mass is 236 g/mol. The highest BCUT2D eigenvalue weighted by molar-refractivity contribution is 5.97. The summed E-state index contributed by atoms with van der Waals surface area (Å²) in [6, 6.07) is 2.55. The van der Waals surface area contributed by atoms with Gasteiger partial charge in [-0.1, -0.05) is 0 Å². The van der Waals surface area contributed by atoms with E-state index in [1.807, 2.05) is 6.92 Å². The number of likely N-dealkylation sites (N-methyl/N-ethyl adjacent to an activating group) is 1. The lowest BCUT2D eigenvalue weighted by molar-refractivity contribution is -0.141. The molecule has 0 aliphatic heterocycles. The molecule has 0 aliphatic carbocycles. The maximum Gasteiger partial charge on any atom is 0.326 e. The highest BCUT2D eigenvalue weighted by Gasteiger charge is 2.23. The lowest BCUT2D eigenvalue weighted by atomic mass is 10.1. The van der Waals surface area contributed by atoms with Crippen LogP contribution in [0.1, 0.15) is 28.7 Å². The van der Waals surface area contributed by atoms with Crippen molar-refractivity contribution in [1.82, 2.24) is 9.88 Å². The summed E-state index contributed by atoms with van der Waals surface area (Å²) in [5.41, 5.74) is 1.87. The number of aromatic nitrogens is 1. The molecule has 5 heteroatoms. The molecule has 1 unspecified atom stereocenters. The molecular weight excluding hydrogens is 220 g/mol. The molecule has 1 heterocycles. The summed E-state index contributed by atoms with van der Waals surface area (Å²) in [5, 5.41) is 8.85. The first-order chi connectivity index (χ1) is 7.84. The molecule has 0 aromatic carbocycles. The Bertz CT molecular complexity index is 457. The Labute approximate surface area is 100 Å². The first kappa shape index (κ1) is 13.2. The maximum atomic E-state index is 12.0. The molecule has 0 spiro atoms. The van der Waals surface area contributed by atoms with Crippen LogP contribution in [0.25, 0.3) is 0 Å². The molecule has 17 heavy (non-hydrogen) atoms. The van der Waals surface area contributed by atoms with Gasteiger partial charge in [-0.2, -0.15) is 0 Å². The Morgan fingerprint density at radius 2 is 1.94 bits per heavy atom.